The van der Waals surface area contributed by atoms with E-state index in [1.807, 2.05) is 6.07 Å². The number of aromatic nitrogens is 3. The molecule has 1 N–H and O–H groups in total. The minimum absolute atomic E-state index is 0.0422. The quantitative estimate of drug-likeness (QED) is 0.828. The van der Waals surface area contributed by atoms with Crippen LogP contribution in [-0.4, -0.2) is 40.3 Å². The van der Waals surface area contributed by atoms with Gasteiger partial charge in [-0.25, -0.2) is 0 Å². The second-order valence-corrected chi connectivity index (χ2v) is 4.76. The molecule has 3 heterocycles. The summed E-state index contributed by atoms with van der Waals surface area (Å²) in [7, 11) is 0. The molecule has 0 bridgehead atoms. The van der Waals surface area contributed by atoms with Crippen molar-refractivity contribution >= 4 is 22.7 Å². The maximum absolute atomic E-state index is 10.9. The van der Waals surface area contributed by atoms with E-state index in [2.05, 4.69) is 20.1 Å². The molecule has 0 aromatic carbocycles. The van der Waals surface area contributed by atoms with Gasteiger partial charge in [-0.15, -0.1) is 0 Å². The zero-order valence-electron chi connectivity index (χ0n) is 10.8. The van der Waals surface area contributed by atoms with E-state index in [0.29, 0.717) is 0 Å². The molecule has 0 spiro atoms. The molecule has 2 aromatic rings. The van der Waals surface area contributed by atoms with Crippen molar-refractivity contribution in [3.8, 4) is 0 Å². The highest BCUT2D eigenvalue weighted by atomic mass is 16.5. The summed E-state index contributed by atoms with van der Waals surface area (Å²) in [6.45, 7) is 3.15. The van der Waals surface area contributed by atoms with Crippen LogP contribution in [0.5, 0.6) is 0 Å². The van der Waals surface area contributed by atoms with Gasteiger partial charge in [0.15, 0.2) is 5.82 Å². The highest BCUT2D eigenvalue weighted by Gasteiger charge is 2.23. The Hall–Kier alpha value is -2.11. The molecule has 0 amide bonds. The Morgan fingerprint density at radius 3 is 3.00 bits per heavy atom. The van der Waals surface area contributed by atoms with Crippen LogP contribution < -0.4 is 4.90 Å². The number of aromatic amines is 1. The molecule has 0 aliphatic carbocycles. The van der Waals surface area contributed by atoms with Crippen LogP contribution in [0.25, 0.3) is 10.9 Å². The third kappa shape index (κ3) is 2.38. The fourth-order valence-electron chi connectivity index (χ4n) is 2.51. The molecule has 1 fully saturated rings. The highest BCUT2D eigenvalue weighted by Crippen LogP contribution is 2.26. The van der Waals surface area contributed by atoms with Gasteiger partial charge in [-0.2, -0.15) is 5.10 Å². The second-order valence-electron chi connectivity index (χ2n) is 4.76. The minimum atomic E-state index is -0.199. The molecule has 0 radical (unpaired) electrons. The molecule has 6 heteroatoms. The summed E-state index contributed by atoms with van der Waals surface area (Å²) in [6.07, 6.45) is 5.28. The first-order chi connectivity index (χ1) is 9.24. The van der Waals surface area contributed by atoms with Crippen LogP contribution in [0.4, 0.5) is 5.82 Å². The third-order valence-corrected chi connectivity index (χ3v) is 3.42. The lowest BCUT2D eigenvalue weighted by Gasteiger charge is -2.31. The molecule has 0 unspecified atom stereocenters. The van der Waals surface area contributed by atoms with Crippen LogP contribution in [0.1, 0.15) is 19.8 Å². The number of fused-ring (bicyclic) bond motifs is 1. The molecule has 3 rings (SSSR count). The average molecular weight is 260 g/mol. The Bertz CT molecular complexity index is 587. The van der Waals surface area contributed by atoms with E-state index >= 15 is 0 Å². The minimum Gasteiger partial charge on any atom is -0.462 e. The maximum atomic E-state index is 10.9. The highest BCUT2D eigenvalue weighted by molar-refractivity contribution is 5.89. The summed E-state index contributed by atoms with van der Waals surface area (Å²) in [6, 6.07) is 1.96. The van der Waals surface area contributed by atoms with Crippen LogP contribution in [0.3, 0.4) is 0 Å². The van der Waals surface area contributed by atoms with Crippen molar-refractivity contribution in [2.45, 2.75) is 25.9 Å². The fourth-order valence-corrected chi connectivity index (χ4v) is 2.51. The van der Waals surface area contributed by atoms with Crippen LogP contribution in [0, 0.1) is 0 Å². The molecular formula is C13H16N4O2. The first-order valence-electron chi connectivity index (χ1n) is 6.44. The normalized spacial score (nSPS) is 16.8. The van der Waals surface area contributed by atoms with Gasteiger partial charge in [0.1, 0.15) is 6.10 Å². The average Bonchev–Trinajstić information content (AvgIpc) is 2.83. The van der Waals surface area contributed by atoms with Crippen LogP contribution >= 0.6 is 0 Å². The van der Waals surface area contributed by atoms with Gasteiger partial charge in [0.05, 0.1) is 11.7 Å². The van der Waals surface area contributed by atoms with E-state index < -0.39 is 0 Å². The summed E-state index contributed by atoms with van der Waals surface area (Å²) in [5.74, 6) is 0.758. The van der Waals surface area contributed by atoms with Crippen molar-refractivity contribution < 1.29 is 9.53 Å². The lowest BCUT2D eigenvalue weighted by Crippen LogP contribution is -2.37. The Morgan fingerprint density at radius 1 is 1.47 bits per heavy atom. The number of carbonyl (C=O) groups is 1. The first kappa shape index (κ1) is 12.0. The van der Waals surface area contributed by atoms with Gasteiger partial charge in [0, 0.05) is 44.4 Å². The molecule has 6 nitrogen and oxygen atoms in total. The van der Waals surface area contributed by atoms with Gasteiger partial charge in [0.25, 0.3) is 0 Å². The van der Waals surface area contributed by atoms with E-state index in [9.17, 15) is 4.79 Å². The summed E-state index contributed by atoms with van der Waals surface area (Å²) < 4.78 is 5.24. The second kappa shape index (κ2) is 4.87. The van der Waals surface area contributed by atoms with Crippen molar-refractivity contribution in [2.75, 3.05) is 18.0 Å². The lowest BCUT2D eigenvalue weighted by molar-refractivity contribution is -0.147. The topological polar surface area (TPSA) is 71.1 Å². The fraction of sp³-hybridized carbons (Fsp3) is 0.462. The predicted molar refractivity (Wildman–Crippen MR) is 70.9 cm³/mol. The van der Waals surface area contributed by atoms with Gasteiger partial charge >= 0.3 is 5.97 Å². The van der Waals surface area contributed by atoms with E-state index in [-0.39, 0.29) is 12.1 Å². The Balaban J connectivity index is 1.73. The number of nitrogens with zero attached hydrogens (tertiary/aromatic N) is 3. The molecule has 2 aromatic heterocycles. The van der Waals surface area contributed by atoms with E-state index in [1.54, 1.807) is 12.4 Å². The Labute approximate surface area is 110 Å². The zero-order chi connectivity index (χ0) is 13.2. The number of anilines is 1. The third-order valence-electron chi connectivity index (χ3n) is 3.42. The molecule has 100 valence electrons. The zero-order valence-corrected chi connectivity index (χ0v) is 10.8. The van der Waals surface area contributed by atoms with Crippen LogP contribution in [-0.2, 0) is 9.53 Å². The standard InChI is InChI=1S/C13H16N4O2/c1-9(18)19-10-3-6-17(7-4-10)13-11-2-5-14-8-12(11)15-16-13/h2,5,8,10H,3-4,6-7H2,1H3,(H,15,16). The van der Waals surface area contributed by atoms with Crippen molar-refractivity contribution in [3.63, 3.8) is 0 Å². The molecule has 1 aliphatic heterocycles. The number of esters is 1. The molecular weight excluding hydrogens is 244 g/mol. The summed E-state index contributed by atoms with van der Waals surface area (Å²) in [4.78, 5) is 17.2. The monoisotopic (exact) mass is 260 g/mol. The number of rotatable bonds is 2. The molecule has 1 aliphatic rings. The first-order valence-corrected chi connectivity index (χ1v) is 6.44. The smallest absolute Gasteiger partial charge is 0.302 e. The SMILES string of the molecule is CC(=O)OC1CCN(c2n[nH]c3cnccc23)CC1. The molecule has 19 heavy (non-hydrogen) atoms. The number of hydrogen-bond donors (Lipinski definition) is 1. The number of carbonyl (C=O) groups excluding carboxylic acids is 1. The van der Waals surface area contributed by atoms with Crippen LogP contribution in [0.15, 0.2) is 18.5 Å². The summed E-state index contributed by atoms with van der Waals surface area (Å²) >= 11 is 0. The number of ether oxygens (including phenoxy) is 1. The summed E-state index contributed by atoms with van der Waals surface area (Å²) in [5, 5.41) is 8.43. The van der Waals surface area contributed by atoms with Crippen molar-refractivity contribution in [1.29, 1.82) is 0 Å². The van der Waals surface area contributed by atoms with Crippen molar-refractivity contribution in [3.05, 3.63) is 18.5 Å². The van der Waals surface area contributed by atoms with Gasteiger partial charge in [0.2, 0.25) is 0 Å². The largest absolute Gasteiger partial charge is 0.462 e. The van der Waals surface area contributed by atoms with E-state index in [4.69, 9.17) is 4.74 Å². The van der Waals surface area contributed by atoms with E-state index in [1.165, 1.54) is 6.92 Å². The van der Waals surface area contributed by atoms with Crippen LogP contribution in [0.2, 0.25) is 0 Å². The predicted octanol–water partition coefficient (Wildman–Crippen LogP) is 1.49. The molecule has 0 saturated carbocycles. The number of piperidine rings is 1. The number of H-pyrrole nitrogens is 1. The Kier molecular flexibility index (Phi) is 3.06. The van der Waals surface area contributed by atoms with Gasteiger partial charge < -0.3 is 9.64 Å². The number of nitrogens with one attached hydrogen (secondary N) is 1. The summed E-state index contributed by atoms with van der Waals surface area (Å²) in [5.41, 5.74) is 0.944. The van der Waals surface area contributed by atoms with Gasteiger partial charge in [-0.3, -0.25) is 14.9 Å². The number of pyridine rings is 1. The molecule has 0 atom stereocenters. The lowest BCUT2D eigenvalue weighted by atomic mass is 10.1. The van der Waals surface area contributed by atoms with E-state index in [0.717, 1.165) is 42.7 Å². The Morgan fingerprint density at radius 2 is 2.26 bits per heavy atom. The number of hydrogen-bond acceptors (Lipinski definition) is 5. The van der Waals surface area contributed by atoms with Gasteiger partial charge in [-0.1, -0.05) is 0 Å². The van der Waals surface area contributed by atoms with Crippen molar-refractivity contribution in [2.24, 2.45) is 0 Å². The molecule has 1 saturated heterocycles. The van der Waals surface area contributed by atoms with Crippen molar-refractivity contribution in [1.82, 2.24) is 15.2 Å². The van der Waals surface area contributed by atoms with Gasteiger partial charge in [-0.05, 0) is 6.07 Å². The maximum Gasteiger partial charge on any atom is 0.302 e.